The molecule has 0 bridgehead atoms. The summed E-state index contributed by atoms with van der Waals surface area (Å²) in [6, 6.07) is 9.95. The number of nitrogens with zero attached hydrogens (tertiary/aromatic N) is 2. The van der Waals surface area contributed by atoms with Crippen LogP contribution in [0.4, 0.5) is 0 Å². The second kappa shape index (κ2) is 6.53. The van der Waals surface area contributed by atoms with E-state index in [0.717, 1.165) is 18.4 Å². The SMILES string of the molecule is CC(c1ccc(C#N)cc1)N(CC(=O)O)C1CCCC1. The summed E-state index contributed by atoms with van der Waals surface area (Å²) in [5, 5.41) is 18.0. The van der Waals surface area contributed by atoms with Gasteiger partial charge in [0.1, 0.15) is 0 Å². The van der Waals surface area contributed by atoms with Gasteiger partial charge in [-0.2, -0.15) is 5.26 Å². The minimum absolute atomic E-state index is 0.0574. The number of hydrogen-bond acceptors (Lipinski definition) is 3. The van der Waals surface area contributed by atoms with Crippen molar-refractivity contribution < 1.29 is 9.90 Å². The third kappa shape index (κ3) is 3.37. The van der Waals surface area contributed by atoms with Crippen LogP contribution in [0, 0.1) is 11.3 Å². The highest BCUT2D eigenvalue weighted by molar-refractivity contribution is 5.69. The Morgan fingerprint density at radius 2 is 2.00 bits per heavy atom. The van der Waals surface area contributed by atoms with Crippen LogP contribution in [0.3, 0.4) is 0 Å². The fourth-order valence-corrected chi connectivity index (χ4v) is 3.00. The molecule has 0 aliphatic heterocycles. The van der Waals surface area contributed by atoms with E-state index in [4.69, 9.17) is 10.4 Å². The van der Waals surface area contributed by atoms with Gasteiger partial charge in [-0.3, -0.25) is 9.69 Å². The summed E-state index contributed by atoms with van der Waals surface area (Å²) in [6.07, 6.45) is 4.52. The Morgan fingerprint density at radius 1 is 1.40 bits per heavy atom. The summed E-state index contributed by atoms with van der Waals surface area (Å²) in [5.74, 6) is -0.780. The molecule has 1 aromatic rings. The summed E-state index contributed by atoms with van der Waals surface area (Å²) in [7, 11) is 0. The zero-order chi connectivity index (χ0) is 14.5. The van der Waals surface area contributed by atoms with Crippen LogP contribution in [-0.2, 0) is 4.79 Å². The predicted molar refractivity (Wildman–Crippen MR) is 76.2 cm³/mol. The Morgan fingerprint density at radius 3 is 2.50 bits per heavy atom. The molecule has 0 aromatic heterocycles. The minimum atomic E-state index is -0.780. The highest BCUT2D eigenvalue weighted by Gasteiger charge is 2.28. The molecule has 1 unspecified atom stereocenters. The van der Waals surface area contributed by atoms with Crippen LogP contribution in [0.25, 0.3) is 0 Å². The van der Waals surface area contributed by atoms with Crippen LogP contribution >= 0.6 is 0 Å². The first kappa shape index (κ1) is 14.5. The first-order chi connectivity index (χ1) is 9.61. The van der Waals surface area contributed by atoms with Crippen LogP contribution in [0.5, 0.6) is 0 Å². The van der Waals surface area contributed by atoms with Crippen molar-refractivity contribution in [3.63, 3.8) is 0 Å². The number of carboxylic acid groups (broad SMARTS) is 1. The molecular formula is C16H20N2O2. The van der Waals surface area contributed by atoms with Gasteiger partial charge in [0.05, 0.1) is 18.2 Å². The number of benzene rings is 1. The predicted octanol–water partition coefficient (Wildman–Crippen LogP) is 2.95. The average Bonchev–Trinajstić information content (AvgIpc) is 2.98. The molecule has 4 nitrogen and oxygen atoms in total. The molecule has 4 heteroatoms. The largest absolute Gasteiger partial charge is 0.480 e. The second-order valence-corrected chi connectivity index (χ2v) is 5.41. The Hall–Kier alpha value is -1.86. The monoisotopic (exact) mass is 272 g/mol. The molecule has 106 valence electrons. The number of nitriles is 1. The smallest absolute Gasteiger partial charge is 0.317 e. The minimum Gasteiger partial charge on any atom is -0.480 e. The molecule has 0 amide bonds. The summed E-state index contributed by atoms with van der Waals surface area (Å²) < 4.78 is 0. The third-order valence-electron chi connectivity index (χ3n) is 4.13. The molecular weight excluding hydrogens is 252 g/mol. The standard InChI is InChI=1S/C16H20N2O2/c1-12(14-8-6-13(10-17)7-9-14)18(11-16(19)20)15-4-2-3-5-15/h6-9,12,15H,2-5,11H2,1H3,(H,19,20). The van der Waals surface area contributed by atoms with Crippen LogP contribution < -0.4 is 0 Å². The van der Waals surface area contributed by atoms with Crippen molar-refractivity contribution in [1.82, 2.24) is 4.90 Å². The van der Waals surface area contributed by atoms with Gasteiger partial charge in [0, 0.05) is 12.1 Å². The van der Waals surface area contributed by atoms with Crippen molar-refractivity contribution >= 4 is 5.97 Å². The van der Waals surface area contributed by atoms with Gasteiger partial charge in [-0.05, 0) is 37.5 Å². The van der Waals surface area contributed by atoms with Crippen molar-refractivity contribution in [3.8, 4) is 6.07 Å². The second-order valence-electron chi connectivity index (χ2n) is 5.41. The van der Waals surface area contributed by atoms with Crippen LogP contribution in [-0.4, -0.2) is 28.6 Å². The molecule has 1 saturated carbocycles. The highest BCUT2D eigenvalue weighted by Crippen LogP contribution is 2.30. The molecule has 1 aliphatic carbocycles. The van der Waals surface area contributed by atoms with Crippen molar-refractivity contribution in [2.45, 2.75) is 44.7 Å². The van der Waals surface area contributed by atoms with E-state index in [9.17, 15) is 4.79 Å². The Balaban J connectivity index is 2.17. The van der Waals surface area contributed by atoms with Gasteiger partial charge in [0.15, 0.2) is 0 Å². The van der Waals surface area contributed by atoms with E-state index < -0.39 is 5.97 Å². The Kier molecular flexibility index (Phi) is 4.75. The lowest BCUT2D eigenvalue weighted by Crippen LogP contribution is -2.39. The van der Waals surface area contributed by atoms with E-state index in [2.05, 4.69) is 11.0 Å². The molecule has 1 aromatic carbocycles. The van der Waals surface area contributed by atoms with Crippen molar-refractivity contribution in [3.05, 3.63) is 35.4 Å². The molecule has 0 saturated heterocycles. The number of carbonyl (C=O) groups is 1. The maximum Gasteiger partial charge on any atom is 0.317 e. The molecule has 0 spiro atoms. The van der Waals surface area contributed by atoms with Gasteiger partial charge in [0.2, 0.25) is 0 Å². The van der Waals surface area contributed by atoms with Crippen LogP contribution in [0.15, 0.2) is 24.3 Å². The molecule has 1 N–H and O–H groups in total. The summed E-state index contributed by atoms with van der Waals surface area (Å²) >= 11 is 0. The zero-order valence-electron chi connectivity index (χ0n) is 11.7. The molecule has 1 aliphatic rings. The fraction of sp³-hybridized carbons (Fsp3) is 0.500. The van der Waals surface area contributed by atoms with E-state index in [1.807, 2.05) is 19.1 Å². The summed E-state index contributed by atoms with van der Waals surface area (Å²) in [6.45, 7) is 2.12. The molecule has 1 fully saturated rings. The summed E-state index contributed by atoms with van der Waals surface area (Å²) in [4.78, 5) is 13.2. The van der Waals surface area contributed by atoms with Gasteiger partial charge < -0.3 is 5.11 Å². The number of aliphatic carboxylic acids is 1. The van der Waals surface area contributed by atoms with Gasteiger partial charge >= 0.3 is 5.97 Å². The quantitative estimate of drug-likeness (QED) is 0.895. The van der Waals surface area contributed by atoms with E-state index in [-0.39, 0.29) is 12.6 Å². The van der Waals surface area contributed by atoms with Gasteiger partial charge in [-0.15, -0.1) is 0 Å². The van der Waals surface area contributed by atoms with Crippen LogP contribution in [0.1, 0.15) is 49.8 Å². The fourth-order valence-electron chi connectivity index (χ4n) is 3.00. The van der Waals surface area contributed by atoms with Gasteiger partial charge in [-0.1, -0.05) is 25.0 Å². The van der Waals surface area contributed by atoms with Gasteiger partial charge in [0.25, 0.3) is 0 Å². The Bertz CT molecular complexity index is 498. The van der Waals surface area contributed by atoms with Crippen molar-refractivity contribution in [2.24, 2.45) is 0 Å². The highest BCUT2D eigenvalue weighted by atomic mass is 16.4. The molecule has 0 heterocycles. The first-order valence-electron chi connectivity index (χ1n) is 7.09. The topological polar surface area (TPSA) is 64.3 Å². The summed E-state index contributed by atoms with van der Waals surface area (Å²) in [5.41, 5.74) is 1.70. The maximum atomic E-state index is 11.1. The normalized spacial score (nSPS) is 17.1. The third-order valence-corrected chi connectivity index (χ3v) is 4.13. The van der Waals surface area contributed by atoms with Crippen molar-refractivity contribution in [1.29, 1.82) is 5.26 Å². The van der Waals surface area contributed by atoms with Crippen LogP contribution in [0.2, 0.25) is 0 Å². The molecule has 1 atom stereocenters. The number of hydrogen-bond donors (Lipinski definition) is 1. The lowest BCUT2D eigenvalue weighted by atomic mass is 10.0. The lowest BCUT2D eigenvalue weighted by molar-refractivity contribution is -0.139. The maximum absolute atomic E-state index is 11.1. The zero-order valence-corrected chi connectivity index (χ0v) is 11.7. The van der Waals surface area contributed by atoms with E-state index in [0.29, 0.717) is 11.6 Å². The van der Waals surface area contributed by atoms with E-state index >= 15 is 0 Å². The first-order valence-corrected chi connectivity index (χ1v) is 7.09. The van der Waals surface area contributed by atoms with E-state index in [1.54, 1.807) is 12.1 Å². The number of carboxylic acids is 1. The molecule has 0 radical (unpaired) electrons. The molecule has 2 rings (SSSR count). The molecule has 20 heavy (non-hydrogen) atoms. The number of rotatable bonds is 5. The van der Waals surface area contributed by atoms with Gasteiger partial charge in [-0.25, -0.2) is 0 Å². The van der Waals surface area contributed by atoms with E-state index in [1.165, 1.54) is 12.8 Å². The Labute approximate surface area is 119 Å². The van der Waals surface area contributed by atoms with Crippen molar-refractivity contribution in [2.75, 3.05) is 6.54 Å². The average molecular weight is 272 g/mol. The lowest BCUT2D eigenvalue weighted by Gasteiger charge is -2.33.